The number of hydrogen-bond donors (Lipinski definition) is 1. The first-order chi connectivity index (χ1) is 14.0. The molecule has 5 rings (SSSR count). The largest absolute Gasteiger partial charge is 0.438 e. The number of imidazole rings is 1. The number of alkyl halides is 2. The fourth-order valence-corrected chi connectivity index (χ4v) is 3.70. The van der Waals surface area contributed by atoms with Crippen molar-refractivity contribution in [1.82, 2.24) is 24.8 Å². The lowest BCUT2D eigenvalue weighted by Crippen LogP contribution is -2.41. The fourth-order valence-electron chi connectivity index (χ4n) is 3.50. The van der Waals surface area contributed by atoms with Crippen molar-refractivity contribution in [2.24, 2.45) is 0 Å². The molecule has 0 aliphatic carbocycles. The molecule has 1 aliphatic heterocycles. The number of halogens is 3. The van der Waals surface area contributed by atoms with Gasteiger partial charge in [-0.05, 0) is 12.1 Å². The van der Waals surface area contributed by atoms with E-state index in [9.17, 15) is 13.6 Å². The predicted octanol–water partition coefficient (Wildman–Crippen LogP) is 3.92. The van der Waals surface area contributed by atoms with Crippen LogP contribution in [0.4, 0.5) is 8.78 Å². The van der Waals surface area contributed by atoms with Crippen LogP contribution in [0.1, 0.15) is 46.0 Å². The van der Waals surface area contributed by atoms with E-state index in [2.05, 4.69) is 19.9 Å². The summed E-state index contributed by atoms with van der Waals surface area (Å²) >= 11 is 6.19. The highest BCUT2D eigenvalue weighted by Crippen LogP contribution is 2.37. The lowest BCUT2D eigenvalue weighted by Gasteiger charge is -2.32. The number of aromatic amines is 1. The Morgan fingerprint density at radius 3 is 3.00 bits per heavy atom. The van der Waals surface area contributed by atoms with Gasteiger partial charge >= 0.3 is 0 Å². The summed E-state index contributed by atoms with van der Waals surface area (Å²) in [6.45, 7) is 0.217. The van der Waals surface area contributed by atoms with E-state index in [0.29, 0.717) is 28.2 Å². The van der Waals surface area contributed by atoms with Crippen molar-refractivity contribution in [3.05, 3.63) is 64.7 Å². The molecule has 11 heteroatoms. The molecule has 0 unspecified atom stereocenters. The zero-order valence-electron chi connectivity index (χ0n) is 14.6. The summed E-state index contributed by atoms with van der Waals surface area (Å²) in [5, 5.41) is 0.392. The average molecular weight is 420 g/mol. The van der Waals surface area contributed by atoms with Crippen LogP contribution >= 0.6 is 11.6 Å². The number of carbonyl (C=O) groups excluding carboxylic acids is 1. The van der Waals surface area contributed by atoms with Gasteiger partial charge in [0.15, 0.2) is 23.7 Å². The van der Waals surface area contributed by atoms with Crippen LogP contribution < -0.4 is 0 Å². The molecule has 29 heavy (non-hydrogen) atoms. The van der Waals surface area contributed by atoms with Crippen molar-refractivity contribution in [2.45, 2.75) is 18.9 Å². The molecule has 1 amide bonds. The Kier molecular flexibility index (Phi) is 4.09. The Morgan fingerprint density at radius 1 is 1.34 bits per heavy atom. The Bertz CT molecular complexity index is 1220. The maximum Gasteiger partial charge on any atom is 0.292 e. The molecule has 0 saturated heterocycles. The van der Waals surface area contributed by atoms with Crippen molar-refractivity contribution < 1.29 is 22.4 Å². The average Bonchev–Trinajstić information content (AvgIpc) is 3.44. The Balaban J connectivity index is 1.63. The van der Waals surface area contributed by atoms with Gasteiger partial charge in [0, 0.05) is 18.7 Å². The molecule has 0 saturated carbocycles. The zero-order chi connectivity index (χ0) is 20.1. The monoisotopic (exact) mass is 419 g/mol. The fraction of sp³-hybridized carbons (Fsp3) is 0.222. The first kappa shape index (κ1) is 17.8. The van der Waals surface area contributed by atoms with E-state index in [1.165, 1.54) is 11.2 Å². The topological polar surface area (TPSA) is 101 Å². The maximum absolute atomic E-state index is 13.2. The van der Waals surface area contributed by atoms with Crippen molar-refractivity contribution >= 4 is 28.6 Å². The number of fused-ring (bicyclic) bond motifs is 2. The van der Waals surface area contributed by atoms with E-state index < -0.39 is 29.8 Å². The molecule has 1 aromatic carbocycles. The molecule has 3 aromatic heterocycles. The van der Waals surface area contributed by atoms with Crippen LogP contribution in [0, 0.1) is 0 Å². The Hall–Kier alpha value is -3.27. The van der Waals surface area contributed by atoms with Gasteiger partial charge in [0.2, 0.25) is 11.7 Å². The molecule has 4 heterocycles. The summed E-state index contributed by atoms with van der Waals surface area (Å²) in [7, 11) is 0. The van der Waals surface area contributed by atoms with Crippen molar-refractivity contribution in [3.63, 3.8) is 0 Å². The molecular formula is C18H12ClF2N5O3. The molecule has 1 N–H and O–H groups in total. The molecule has 0 fully saturated rings. The molecule has 148 valence electrons. The van der Waals surface area contributed by atoms with Gasteiger partial charge in [-0.1, -0.05) is 17.7 Å². The number of aromatic nitrogens is 4. The van der Waals surface area contributed by atoms with Crippen molar-refractivity contribution in [2.75, 3.05) is 6.54 Å². The number of benzene rings is 1. The van der Waals surface area contributed by atoms with Gasteiger partial charge < -0.3 is 18.7 Å². The molecule has 8 nitrogen and oxygen atoms in total. The van der Waals surface area contributed by atoms with Gasteiger partial charge in [-0.3, -0.25) is 4.79 Å². The summed E-state index contributed by atoms with van der Waals surface area (Å²) in [4.78, 5) is 29.7. The summed E-state index contributed by atoms with van der Waals surface area (Å²) in [5.41, 5.74) is 1.49. The van der Waals surface area contributed by atoms with Crippen molar-refractivity contribution in [1.29, 1.82) is 0 Å². The normalized spacial score (nSPS) is 16.6. The molecule has 0 radical (unpaired) electrons. The second-order valence-corrected chi connectivity index (χ2v) is 6.83. The van der Waals surface area contributed by atoms with Gasteiger partial charge in [-0.2, -0.15) is 0 Å². The maximum atomic E-state index is 13.2. The Labute approximate surface area is 166 Å². The molecule has 1 atom stereocenters. The van der Waals surface area contributed by atoms with Crippen LogP contribution in [0.3, 0.4) is 0 Å². The highest BCUT2D eigenvalue weighted by atomic mass is 35.5. The molecule has 0 bridgehead atoms. The van der Waals surface area contributed by atoms with Gasteiger partial charge in [-0.15, -0.1) is 0 Å². The minimum absolute atomic E-state index is 0.174. The summed E-state index contributed by atoms with van der Waals surface area (Å²) in [6.07, 6.45) is -0.163. The third kappa shape index (κ3) is 2.79. The van der Waals surface area contributed by atoms with Crippen molar-refractivity contribution in [3.8, 4) is 0 Å². The van der Waals surface area contributed by atoms with E-state index in [1.807, 2.05) is 0 Å². The van der Waals surface area contributed by atoms with Gasteiger partial charge in [0.05, 0.1) is 17.0 Å². The van der Waals surface area contributed by atoms with Crippen LogP contribution in [0.25, 0.3) is 11.1 Å². The van der Waals surface area contributed by atoms with Gasteiger partial charge in [-0.25, -0.2) is 23.7 Å². The number of amides is 1. The number of oxazole rings is 2. The van der Waals surface area contributed by atoms with Crippen LogP contribution in [-0.2, 0) is 6.42 Å². The van der Waals surface area contributed by atoms with E-state index >= 15 is 0 Å². The van der Waals surface area contributed by atoms with Gasteiger partial charge in [0.25, 0.3) is 12.3 Å². The standard InChI is InChI=1S/C18H12ClF2N5O3/c19-8-2-1-3-10-11(8)25-17(29-10)14-12-9(22-6-23-12)4-5-26(14)18(27)15-13(16(20)21)24-7-28-15/h1-3,6-7,14,16H,4-5H2,(H,22,23)/t14-/m0/s1. The Morgan fingerprint density at radius 2 is 2.21 bits per heavy atom. The number of nitrogens with one attached hydrogen (secondary N) is 1. The quantitative estimate of drug-likeness (QED) is 0.540. The lowest BCUT2D eigenvalue weighted by atomic mass is 10.0. The summed E-state index contributed by atoms with van der Waals surface area (Å²) in [5.74, 6) is -1.09. The minimum atomic E-state index is -2.94. The van der Waals surface area contributed by atoms with E-state index in [1.54, 1.807) is 18.2 Å². The number of para-hydroxylation sites is 1. The van der Waals surface area contributed by atoms with Crippen LogP contribution in [0.5, 0.6) is 0 Å². The zero-order valence-corrected chi connectivity index (χ0v) is 15.4. The second-order valence-electron chi connectivity index (χ2n) is 6.42. The first-order valence-electron chi connectivity index (χ1n) is 8.64. The second kappa shape index (κ2) is 6.66. The molecule has 0 spiro atoms. The predicted molar refractivity (Wildman–Crippen MR) is 95.7 cm³/mol. The SMILES string of the molecule is O=C(c1ocnc1C(F)F)N1CCc2[nH]cnc2[C@H]1c1nc2c(Cl)cccc2o1. The van der Waals surface area contributed by atoms with Crippen LogP contribution in [0.2, 0.25) is 5.02 Å². The number of carbonyl (C=O) groups is 1. The molecule has 4 aromatic rings. The number of nitrogens with zero attached hydrogens (tertiary/aromatic N) is 4. The van der Waals surface area contributed by atoms with E-state index in [4.69, 9.17) is 20.4 Å². The number of hydrogen-bond acceptors (Lipinski definition) is 6. The number of H-pyrrole nitrogens is 1. The number of rotatable bonds is 3. The van der Waals surface area contributed by atoms with Crippen LogP contribution in [-0.4, -0.2) is 37.3 Å². The highest BCUT2D eigenvalue weighted by molar-refractivity contribution is 6.34. The minimum Gasteiger partial charge on any atom is -0.438 e. The third-order valence-corrected chi connectivity index (χ3v) is 5.11. The summed E-state index contributed by atoms with van der Waals surface area (Å²) < 4.78 is 37.3. The summed E-state index contributed by atoms with van der Waals surface area (Å²) in [6, 6.07) is 4.25. The highest BCUT2D eigenvalue weighted by Gasteiger charge is 2.40. The molecular weight excluding hydrogens is 408 g/mol. The first-order valence-corrected chi connectivity index (χ1v) is 9.02. The van der Waals surface area contributed by atoms with E-state index in [-0.39, 0.29) is 12.4 Å². The molecule has 1 aliphatic rings. The van der Waals surface area contributed by atoms with Gasteiger partial charge in [0.1, 0.15) is 5.52 Å². The lowest BCUT2D eigenvalue weighted by molar-refractivity contribution is 0.0620. The van der Waals surface area contributed by atoms with E-state index in [0.717, 1.165) is 12.1 Å². The van der Waals surface area contributed by atoms with Crippen LogP contribution in [0.15, 0.2) is 39.8 Å². The third-order valence-electron chi connectivity index (χ3n) is 4.80. The smallest absolute Gasteiger partial charge is 0.292 e.